The van der Waals surface area contributed by atoms with Gasteiger partial charge in [0.15, 0.2) is 5.78 Å². The Kier molecular flexibility index (Phi) is 6.66. The molecule has 0 heterocycles. The van der Waals surface area contributed by atoms with Crippen molar-refractivity contribution in [1.29, 1.82) is 0 Å². The molecule has 0 saturated carbocycles. The summed E-state index contributed by atoms with van der Waals surface area (Å²) < 4.78 is 5.73. The lowest BCUT2D eigenvalue weighted by atomic mass is 10.0. The predicted octanol–water partition coefficient (Wildman–Crippen LogP) is 5.40. The van der Waals surface area contributed by atoms with Gasteiger partial charge in [-0.25, -0.2) is 0 Å². The highest BCUT2D eigenvalue weighted by Gasteiger charge is 2.16. The second kappa shape index (κ2) is 8.74. The number of benzene rings is 2. The Morgan fingerprint density at radius 2 is 1.77 bits per heavy atom. The molecule has 0 aliphatic rings. The van der Waals surface area contributed by atoms with E-state index in [1.807, 2.05) is 54.6 Å². The number of carbonyl (C=O) groups is 1. The molecule has 0 aliphatic heterocycles. The Bertz CT molecular complexity index is 578. The lowest BCUT2D eigenvalue weighted by Gasteiger charge is -2.10. The molecule has 2 aromatic rings. The third kappa shape index (κ3) is 4.99. The smallest absolute Gasteiger partial charge is 0.176 e. The van der Waals surface area contributed by atoms with Crippen LogP contribution in [0.5, 0.6) is 5.75 Å². The van der Waals surface area contributed by atoms with Crippen molar-refractivity contribution in [2.45, 2.75) is 37.6 Å². The van der Waals surface area contributed by atoms with Gasteiger partial charge in [0.1, 0.15) is 12.4 Å². The van der Waals surface area contributed by atoms with E-state index in [0.29, 0.717) is 6.61 Å². The first kappa shape index (κ1) is 16.8. The molecule has 1 unspecified atom stereocenters. The molecule has 0 aliphatic carbocycles. The molecule has 22 heavy (non-hydrogen) atoms. The Hall–Kier alpha value is -1.61. The van der Waals surface area contributed by atoms with Crippen LogP contribution in [0.2, 0.25) is 0 Å². The number of hydrogen-bond acceptors (Lipinski definition) is 2. The number of Topliss-reactive ketones (excluding diaryl/α,β-unsaturated/α-hetero) is 1. The minimum atomic E-state index is -0.0939. The van der Waals surface area contributed by atoms with E-state index < -0.39 is 0 Å². The SMILES string of the molecule is CCCCC(Br)C(=O)c1ccc(OCc2ccccc2)cc1. The molecule has 3 heteroatoms. The summed E-state index contributed by atoms with van der Waals surface area (Å²) in [6.45, 7) is 2.66. The maximum atomic E-state index is 12.3. The van der Waals surface area contributed by atoms with Gasteiger partial charge in [-0.1, -0.05) is 66.0 Å². The minimum Gasteiger partial charge on any atom is -0.489 e. The second-order valence-corrected chi connectivity index (χ2v) is 6.38. The predicted molar refractivity (Wildman–Crippen MR) is 93.8 cm³/mol. The van der Waals surface area contributed by atoms with E-state index in [4.69, 9.17) is 4.74 Å². The summed E-state index contributed by atoms with van der Waals surface area (Å²) >= 11 is 3.48. The van der Waals surface area contributed by atoms with Crippen LogP contribution in [0.1, 0.15) is 42.1 Å². The normalized spacial score (nSPS) is 11.9. The van der Waals surface area contributed by atoms with E-state index in [-0.39, 0.29) is 10.6 Å². The van der Waals surface area contributed by atoms with Gasteiger partial charge in [0.05, 0.1) is 4.83 Å². The molecule has 1 atom stereocenters. The summed E-state index contributed by atoms with van der Waals surface area (Å²) in [6, 6.07) is 17.4. The summed E-state index contributed by atoms with van der Waals surface area (Å²) in [5, 5.41) is 0. The lowest BCUT2D eigenvalue weighted by molar-refractivity contribution is 0.0988. The molecule has 0 saturated heterocycles. The molecule has 0 aromatic heterocycles. The van der Waals surface area contributed by atoms with Crippen molar-refractivity contribution in [3.63, 3.8) is 0 Å². The monoisotopic (exact) mass is 360 g/mol. The maximum Gasteiger partial charge on any atom is 0.176 e. The number of halogens is 1. The molecule has 0 spiro atoms. The summed E-state index contributed by atoms with van der Waals surface area (Å²) in [4.78, 5) is 12.2. The molecule has 116 valence electrons. The van der Waals surface area contributed by atoms with Crippen molar-refractivity contribution in [1.82, 2.24) is 0 Å². The largest absolute Gasteiger partial charge is 0.489 e. The summed E-state index contributed by atoms with van der Waals surface area (Å²) in [7, 11) is 0. The van der Waals surface area contributed by atoms with Crippen LogP contribution in [0.3, 0.4) is 0 Å². The average Bonchev–Trinajstić information content (AvgIpc) is 2.58. The number of alkyl halides is 1. The van der Waals surface area contributed by atoms with Crippen LogP contribution in [0.15, 0.2) is 54.6 Å². The van der Waals surface area contributed by atoms with Crippen LogP contribution in [-0.2, 0) is 6.61 Å². The Balaban J connectivity index is 1.91. The summed E-state index contributed by atoms with van der Waals surface area (Å²) in [6.07, 6.45) is 3.03. The van der Waals surface area contributed by atoms with E-state index in [1.54, 1.807) is 0 Å². The van der Waals surface area contributed by atoms with Gasteiger partial charge in [-0.05, 0) is 36.2 Å². The number of ketones is 1. The third-order valence-corrected chi connectivity index (χ3v) is 4.36. The van der Waals surface area contributed by atoms with Gasteiger partial charge in [-0.2, -0.15) is 0 Å². The van der Waals surface area contributed by atoms with Crippen LogP contribution in [0.4, 0.5) is 0 Å². The first-order chi connectivity index (χ1) is 10.7. The highest BCUT2D eigenvalue weighted by molar-refractivity contribution is 9.10. The molecule has 0 amide bonds. The Labute approximate surface area is 140 Å². The number of hydrogen-bond donors (Lipinski definition) is 0. The quantitative estimate of drug-likeness (QED) is 0.465. The van der Waals surface area contributed by atoms with E-state index >= 15 is 0 Å². The van der Waals surface area contributed by atoms with Gasteiger partial charge < -0.3 is 4.74 Å². The molecule has 0 radical (unpaired) electrons. The van der Waals surface area contributed by atoms with E-state index in [0.717, 1.165) is 36.1 Å². The molecular formula is C19H21BrO2. The second-order valence-electron chi connectivity index (χ2n) is 5.27. The number of rotatable bonds is 8. The molecule has 2 rings (SSSR count). The first-order valence-corrected chi connectivity index (χ1v) is 8.57. The third-order valence-electron chi connectivity index (χ3n) is 3.48. The van der Waals surface area contributed by atoms with Crippen LogP contribution in [0.25, 0.3) is 0 Å². The highest BCUT2D eigenvalue weighted by atomic mass is 79.9. The van der Waals surface area contributed by atoms with Gasteiger partial charge in [0, 0.05) is 5.56 Å². The van der Waals surface area contributed by atoms with Crippen LogP contribution in [-0.4, -0.2) is 10.6 Å². The lowest BCUT2D eigenvalue weighted by Crippen LogP contribution is -2.13. The zero-order chi connectivity index (χ0) is 15.8. The van der Waals surface area contributed by atoms with Gasteiger partial charge in [0.2, 0.25) is 0 Å². The van der Waals surface area contributed by atoms with Gasteiger partial charge >= 0.3 is 0 Å². The fraction of sp³-hybridized carbons (Fsp3) is 0.316. The van der Waals surface area contributed by atoms with Crippen molar-refractivity contribution < 1.29 is 9.53 Å². The van der Waals surface area contributed by atoms with Crippen molar-refractivity contribution in [3.8, 4) is 5.75 Å². The van der Waals surface area contributed by atoms with Crippen molar-refractivity contribution in [2.75, 3.05) is 0 Å². The average molecular weight is 361 g/mol. The zero-order valence-electron chi connectivity index (χ0n) is 12.8. The van der Waals surface area contributed by atoms with Crippen LogP contribution < -0.4 is 4.74 Å². The first-order valence-electron chi connectivity index (χ1n) is 7.65. The highest BCUT2D eigenvalue weighted by Crippen LogP contribution is 2.19. The summed E-state index contributed by atoms with van der Waals surface area (Å²) in [5.74, 6) is 0.920. The number of unbranched alkanes of at least 4 members (excludes halogenated alkanes) is 1. The topological polar surface area (TPSA) is 26.3 Å². The minimum absolute atomic E-state index is 0.0939. The standard InChI is InChI=1S/C19H21BrO2/c1-2-3-9-18(20)19(21)16-10-12-17(13-11-16)22-14-15-7-5-4-6-8-15/h4-8,10-13,18H,2-3,9,14H2,1H3. The fourth-order valence-corrected chi connectivity index (χ4v) is 2.74. The molecular weight excluding hydrogens is 340 g/mol. The van der Waals surface area contributed by atoms with Gasteiger partial charge in [-0.15, -0.1) is 0 Å². The van der Waals surface area contributed by atoms with Crippen LogP contribution >= 0.6 is 15.9 Å². The van der Waals surface area contributed by atoms with Crippen molar-refractivity contribution in [3.05, 3.63) is 65.7 Å². The Morgan fingerprint density at radius 3 is 2.41 bits per heavy atom. The number of ether oxygens (including phenoxy) is 1. The number of carbonyl (C=O) groups excluding carboxylic acids is 1. The molecule has 2 aromatic carbocycles. The van der Waals surface area contributed by atoms with Gasteiger partial charge in [0.25, 0.3) is 0 Å². The molecule has 2 nitrogen and oxygen atoms in total. The van der Waals surface area contributed by atoms with Crippen molar-refractivity contribution in [2.24, 2.45) is 0 Å². The fourth-order valence-electron chi connectivity index (χ4n) is 2.15. The maximum absolute atomic E-state index is 12.3. The van der Waals surface area contributed by atoms with Gasteiger partial charge in [-0.3, -0.25) is 4.79 Å². The molecule has 0 N–H and O–H groups in total. The van der Waals surface area contributed by atoms with E-state index in [9.17, 15) is 4.79 Å². The summed E-state index contributed by atoms with van der Waals surface area (Å²) in [5.41, 5.74) is 1.85. The molecule has 0 fully saturated rings. The van der Waals surface area contributed by atoms with Crippen molar-refractivity contribution >= 4 is 21.7 Å². The van der Waals surface area contributed by atoms with Crippen LogP contribution in [0, 0.1) is 0 Å². The Morgan fingerprint density at radius 1 is 1.09 bits per heavy atom. The zero-order valence-corrected chi connectivity index (χ0v) is 14.4. The molecule has 0 bridgehead atoms. The van der Waals surface area contributed by atoms with E-state index in [2.05, 4.69) is 22.9 Å². The van der Waals surface area contributed by atoms with E-state index in [1.165, 1.54) is 0 Å².